The molecule has 10 nitrogen and oxygen atoms in total. The molecule has 0 spiro atoms. The van der Waals surface area contributed by atoms with E-state index in [0.29, 0.717) is 38.7 Å². The van der Waals surface area contributed by atoms with Crippen LogP contribution >= 0.6 is 22.7 Å². The number of aromatic nitrogens is 6. The van der Waals surface area contributed by atoms with Gasteiger partial charge in [-0.25, -0.2) is 29.9 Å². The Kier molecular flexibility index (Phi) is 10.4. The van der Waals surface area contributed by atoms with E-state index in [1.54, 1.807) is 36.7 Å². The van der Waals surface area contributed by atoms with Crippen molar-refractivity contribution in [2.24, 2.45) is 0 Å². The second-order valence-corrected chi connectivity index (χ2v) is 12.3. The summed E-state index contributed by atoms with van der Waals surface area (Å²) in [7, 11) is 0. The molecule has 49 heavy (non-hydrogen) atoms. The third-order valence-corrected chi connectivity index (χ3v) is 8.10. The lowest BCUT2D eigenvalue weighted by atomic mass is 10.1. The number of thiazole rings is 2. The van der Waals surface area contributed by atoms with Crippen molar-refractivity contribution in [2.75, 3.05) is 10.6 Å². The summed E-state index contributed by atoms with van der Waals surface area (Å²) in [6.07, 6.45) is -4.30. The van der Waals surface area contributed by atoms with Crippen molar-refractivity contribution in [1.29, 1.82) is 0 Å². The SMILES string of the molecule is Cc1cc(Nc2nccc(-c3nc(CO)cs3)n2)cc(C(F)(F)F)c1.Cc1cnc(-c2ccnc(Nc3cc(O)cc(C(F)(F)F)c3)n2)s1. The van der Waals surface area contributed by atoms with E-state index in [-0.39, 0.29) is 29.9 Å². The van der Waals surface area contributed by atoms with Crippen LogP contribution in [0.25, 0.3) is 21.4 Å². The minimum Gasteiger partial charge on any atom is -0.508 e. The molecule has 0 saturated heterocycles. The number of anilines is 4. The number of nitrogens with one attached hydrogen (secondary N) is 2. The van der Waals surface area contributed by atoms with Gasteiger partial charge < -0.3 is 20.8 Å². The topological polar surface area (TPSA) is 142 Å². The Labute approximate surface area is 282 Å². The lowest BCUT2D eigenvalue weighted by Gasteiger charge is -2.11. The monoisotopic (exact) mass is 718 g/mol. The van der Waals surface area contributed by atoms with Crippen LogP contribution in [0.5, 0.6) is 5.75 Å². The van der Waals surface area contributed by atoms with E-state index < -0.39 is 29.2 Å². The minimum atomic E-state index is -4.56. The predicted molar refractivity (Wildman–Crippen MR) is 173 cm³/mol. The van der Waals surface area contributed by atoms with Gasteiger partial charge in [0.1, 0.15) is 27.2 Å². The zero-order chi connectivity index (χ0) is 35.3. The maximum absolute atomic E-state index is 12.9. The molecule has 6 aromatic rings. The molecule has 0 aliphatic rings. The third kappa shape index (κ3) is 9.46. The molecule has 254 valence electrons. The summed E-state index contributed by atoms with van der Waals surface area (Å²) in [6.45, 7) is 3.33. The Morgan fingerprint density at radius 3 is 1.82 bits per heavy atom. The quantitative estimate of drug-likeness (QED) is 0.119. The van der Waals surface area contributed by atoms with Crippen LogP contribution in [-0.4, -0.2) is 40.1 Å². The molecule has 0 fully saturated rings. The number of benzene rings is 2. The van der Waals surface area contributed by atoms with Crippen LogP contribution in [0.15, 0.2) is 72.5 Å². The number of halogens is 6. The van der Waals surface area contributed by atoms with Gasteiger partial charge in [0.15, 0.2) is 0 Å². The number of phenols is 1. The molecule has 0 saturated carbocycles. The summed E-state index contributed by atoms with van der Waals surface area (Å²) >= 11 is 2.76. The average Bonchev–Trinajstić information content (AvgIpc) is 3.70. The number of phenolic OH excluding ortho intramolecular Hbond substituents is 1. The van der Waals surface area contributed by atoms with Gasteiger partial charge in [0.2, 0.25) is 11.9 Å². The van der Waals surface area contributed by atoms with Gasteiger partial charge in [0.05, 0.1) is 23.4 Å². The van der Waals surface area contributed by atoms with Crippen molar-refractivity contribution < 1.29 is 36.6 Å². The number of aryl methyl sites for hydroxylation is 2. The van der Waals surface area contributed by atoms with Crippen LogP contribution in [0.4, 0.5) is 49.6 Å². The Morgan fingerprint density at radius 2 is 1.29 bits per heavy atom. The smallest absolute Gasteiger partial charge is 0.416 e. The Balaban J connectivity index is 0.000000191. The zero-order valence-electron chi connectivity index (χ0n) is 25.3. The first kappa shape index (κ1) is 35.1. The molecule has 4 aromatic heterocycles. The number of hydrogen-bond acceptors (Lipinski definition) is 12. The molecule has 0 radical (unpaired) electrons. The number of alkyl halides is 6. The molecule has 2 aromatic carbocycles. The molecule has 0 unspecified atom stereocenters. The zero-order valence-corrected chi connectivity index (χ0v) is 26.9. The first-order valence-electron chi connectivity index (χ1n) is 13.9. The highest BCUT2D eigenvalue weighted by molar-refractivity contribution is 7.14. The summed E-state index contributed by atoms with van der Waals surface area (Å²) in [5, 5.41) is 27.0. The third-order valence-electron chi connectivity index (χ3n) is 6.25. The van der Waals surface area contributed by atoms with Gasteiger partial charge in [0.25, 0.3) is 0 Å². The van der Waals surface area contributed by atoms with Gasteiger partial charge >= 0.3 is 12.4 Å². The molecule has 0 aliphatic carbocycles. The van der Waals surface area contributed by atoms with E-state index in [4.69, 9.17) is 5.11 Å². The summed E-state index contributed by atoms with van der Waals surface area (Å²) in [5.74, 6) is -0.227. The van der Waals surface area contributed by atoms with Crippen LogP contribution in [0.3, 0.4) is 0 Å². The van der Waals surface area contributed by atoms with Crippen LogP contribution in [0, 0.1) is 13.8 Å². The number of rotatable bonds is 7. The molecular weight excluding hydrogens is 695 g/mol. The van der Waals surface area contributed by atoms with E-state index in [2.05, 4.69) is 40.5 Å². The maximum atomic E-state index is 12.9. The van der Waals surface area contributed by atoms with Gasteiger partial charge in [-0.2, -0.15) is 26.3 Å². The molecular formula is C31H24F6N8O2S2. The second kappa shape index (κ2) is 14.5. The highest BCUT2D eigenvalue weighted by Crippen LogP contribution is 2.35. The number of nitrogens with zero attached hydrogens (tertiary/aromatic N) is 6. The fourth-order valence-corrected chi connectivity index (χ4v) is 5.68. The van der Waals surface area contributed by atoms with E-state index >= 15 is 0 Å². The summed E-state index contributed by atoms with van der Waals surface area (Å²) in [4.78, 5) is 25.9. The van der Waals surface area contributed by atoms with Crippen molar-refractivity contribution >= 4 is 45.9 Å². The van der Waals surface area contributed by atoms with E-state index in [9.17, 15) is 31.4 Å². The van der Waals surface area contributed by atoms with E-state index in [1.165, 1.54) is 41.1 Å². The number of aliphatic hydroxyl groups excluding tert-OH is 1. The Morgan fingerprint density at radius 1 is 0.714 bits per heavy atom. The second-order valence-electron chi connectivity index (χ2n) is 10.2. The molecule has 18 heteroatoms. The minimum absolute atomic E-state index is 0.0368. The molecule has 6 rings (SSSR count). The highest BCUT2D eigenvalue weighted by atomic mass is 32.1. The van der Waals surface area contributed by atoms with Crippen LogP contribution in [0.1, 0.15) is 27.3 Å². The van der Waals surface area contributed by atoms with Crippen molar-refractivity contribution in [3.8, 4) is 27.2 Å². The van der Waals surface area contributed by atoms with Gasteiger partial charge in [-0.1, -0.05) is 0 Å². The van der Waals surface area contributed by atoms with Crippen molar-refractivity contribution in [1.82, 2.24) is 29.9 Å². The number of aliphatic hydroxyl groups is 1. The van der Waals surface area contributed by atoms with Gasteiger partial charge in [-0.05, 0) is 61.9 Å². The average molecular weight is 719 g/mol. The molecule has 0 aliphatic heterocycles. The fraction of sp³-hybridized carbons (Fsp3) is 0.161. The number of aromatic hydroxyl groups is 1. The first-order chi connectivity index (χ1) is 23.2. The predicted octanol–water partition coefficient (Wildman–Crippen LogP) is 8.54. The molecule has 4 N–H and O–H groups in total. The van der Waals surface area contributed by atoms with Gasteiger partial charge in [-0.3, -0.25) is 0 Å². The van der Waals surface area contributed by atoms with Crippen molar-refractivity contribution in [3.63, 3.8) is 0 Å². The molecule has 0 atom stereocenters. The van der Waals surface area contributed by atoms with Crippen LogP contribution in [0.2, 0.25) is 0 Å². The lowest BCUT2D eigenvalue weighted by molar-refractivity contribution is -0.138. The van der Waals surface area contributed by atoms with E-state index in [1.807, 2.05) is 6.92 Å². The molecule has 4 heterocycles. The Bertz CT molecular complexity index is 2070. The summed E-state index contributed by atoms with van der Waals surface area (Å²) in [6, 6.07) is 9.67. The van der Waals surface area contributed by atoms with Crippen LogP contribution < -0.4 is 10.6 Å². The first-order valence-corrected chi connectivity index (χ1v) is 15.6. The number of hydrogen-bond donors (Lipinski definition) is 4. The van der Waals surface area contributed by atoms with Gasteiger partial charge in [0, 0.05) is 46.3 Å². The normalized spacial score (nSPS) is 11.5. The van der Waals surface area contributed by atoms with Crippen molar-refractivity contribution in [2.45, 2.75) is 32.8 Å². The van der Waals surface area contributed by atoms with Crippen LogP contribution in [-0.2, 0) is 19.0 Å². The molecule has 0 amide bonds. The largest absolute Gasteiger partial charge is 0.508 e. The Hall–Kier alpha value is -5.20. The fourth-order valence-electron chi connectivity index (χ4n) is 4.17. The summed E-state index contributed by atoms with van der Waals surface area (Å²) in [5.41, 5.74) is 0.667. The summed E-state index contributed by atoms with van der Waals surface area (Å²) < 4.78 is 77.2. The highest BCUT2D eigenvalue weighted by Gasteiger charge is 2.32. The lowest BCUT2D eigenvalue weighted by Crippen LogP contribution is -2.06. The van der Waals surface area contributed by atoms with E-state index in [0.717, 1.165) is 23.1 Å². The van der Waals surface area contributed by atoms with Gasteiger partial charge in [-0.15, -0.1) is 22.7 Å². The standard InChI is InChI=1S/C16H13F3N4OS.C15H11F3N4OS/c1-9-4-10(16(17,18)19)6-11(5-9)22-15-20-3-2-13(23-15)14-21-12(7-24)8-25-14;1-8-7-20-13(24-8)12-2-3-19-14(22-12)21-10-4-9(15(16,17)18)5-11(23)6-10/h2-6,8,24H,7H2,1H3,(H,20,22,23);2-7,23H,1H3,(H,19,21,22). The maximum Gasteiger partial charge on any atom is 0.416 e. The molecule has 0 bridgehead atoms. The van der Waals surface area contributed by atoms with Crippen molar-refractivity contribution in [3.05, 3.63) is 99.8 Å².